The number of amides is 1. The maximum atomic E-state index is 14.2. The normalized spacial score (nSPS) is 12.0. The Labute approximate surface area is 142 Å². The molecule has 0 spiro atoms. The number of oxazole rings is 1. The van der Waals surface area contributed by atoms with E-state index in [1.54, 1.807) is 31.2 Å². The molecule has 3 aromatic rings. The van der Waals surface area contributed by atoms with Crippen molar-refractivity contribution in [2.24, 2.45) is 0 Å². The van der Waals surface area contributed by atoms with Crippen molar-refractivity contribution in [2.45, 2.75) is 19.6 Å². The van der Waals surface area contributed by atoms with Gasteiger partial charge in [0.15, 0.2) is 6.39 Å². The van der Waals surface area contributed by atoms with Crippen LogP contribution in [0.2, 0.25) is 0 Å². The number of hydrogen-bond acceptors (Lipinski definition) is 4. The number of aryl methyl sites for hydroxylation is 1. The second-order valence-corrected chi connectivity index (χ2v) is 5.42. The molecule has 0 aliphatic carbocycles. The zero-order valence-corrected chi connectivity index (χ0v) is 13.4. The van der Waals surface area contributed by atoms with E-state index in [0.29, 0.717) is 16.8 Å². The maximum Gasteiger partial charge on any atom is 0.289 e. The Kier molecular flexibility index (Phi) is 4.83. The van der Waals surface area contributed by atoms with Gasteiger partial charge in [-0.1, -0.05) is 24.3 Å². The quantitative estimate of drug-likeness (QED) is 0.770. The third kappa shape index (κ3) is 3.55. The molecular formula is C18H15F2N3O2. The SMILES string of the molecule is Cc1ncoc1C(=O)NC(c1ccc(CF)cc1)c1ncccc1F. The number of benzene rings is 1. The van der Waals surface area contributed by atoms with Crippen LogP contribution in [0.15, 0.2) is 53.4 Å². The van der Waals surface area contributed by atoms with Crippen LogP contribution in [0.25, 0.3) is 0 Å². The Morgan fingerprint density at radius 3 is 2.60 bits per heavy atom. The van der Waals surface area contributed by atoms with Crippen molar-refractivity contribution < 1.29 is 18.0 Å². The summed E-state index contributed by atoms with van der Waals surface area (Å²) >= 11 is 0. The molecule has 1 aromatic carbocycles. The summed E-state index contributed by atoms with van der Waals surface area (Å²) in [5.74, 6) is -1.06. The number of rotatable bonds is 5. The van der Waals surface area contributed by atoms with Crippen molar-refractivity contribution in [3.8, 4) is 0 Å². The van der Waals surface area contributed by atoms with Crippen LogP contribution in [0.1, 0.15) is 39.1 Å². The van der Waals surface area contributed by atoms with Gasteiger partial charge in [-0.15, -0.1) is 0 Å². The topological polar surface area (TPSA) is 68.0 Å². The van der Waals surface area contributed by atoms with Crippen molar-refractivity contribution >= 4 is 5.91 Å². The molecule has 7 heteroatoms. The van der Waals surface area contributed by atoms with E-state index in [-0.39, 0.29) is 11.5 Å². The van der Waals surface area contributed by atoms with Gasteiger partial charge in [0.25, 0.3) is 5.91 Å². The van der Waals surface area contributed by atoms with Crippen LogP contribution >= 0.6 is 0 Å². The molecule has 25 heavy (non-hydrogen) atoms. The Morgan fingerprint density at radius 2 is 2.00 bits per heavy atom. The second kappa shape index (κ2) is 7.21. The van der Waals surface area contributed by atoms with E-state index in [2.05, 4.69) is 15.3 Å². The van der Waals surface area contributed by atoms with Crippen LogP contribution in [0.5, 0.6) is 0 Å². The average Bonchev–Trinajstić information content (AvgIpc) is 3.06. The molecule has 0 saturated heterocycles. The molecule has 0 aliphatic heterocycles. The first kappa shape index (κ1) is 16.8. The largest absolute Gasteiger partial charge is 0.438 e. The molecule has 1 N–H and O–H groups in total. The summed E-state index contributed by atoms with van der Waals surface area (Å²) in [6, 6.07) is 8.28. The molecule has 3 rings (SSSR count). The van der Waals surface area contributed by atoms with Gasteiger partial charge in [-0.25, -0.2) is 13.8 Å². The standard InChI is InChI=1S/C18H15F2N3O2/c1-11-17(25-10-22-11)18(24)23-15(16-14(20)3-2-8-21-16)13-6-4-12(9-19)5-7-13/h2-8,10,15H,9H2,1H3,(H,23,24). The Hall–Kier alpha value is -3.09. The summed E-state index contributed by atoms with van der Waals surface area (Å²) in [6.07, 6.45) is 2.60. The predicted molar refractivity (Wildman–Crippen MR) is 86.0 cm³/mol. The monoisotopic (exact) mass is 343 g/mol. The van der Waals surface area contributed by atoms with Crippen LogP contribution in [-0.4, -0.2) is 15.9 Å². The molecule has 128 valence electrons. The van der Waals surface area contributed by atoms with Crippen LogP contribution in [0.3, 0.4) is 0 Å². The Morgan fingerprint density at radius 1 is 1.24 bits per heavy atom. The lowest BCUT2D eigenvalue weighted by Crippen LogP contribution is -2.30. The number of hydrogen-bond donors (Lipinski definition) is 1. The van der Waals surface area contributed by atoms with E-state index in [1.807, 2.05) is 0 Å². The van der Waals surface area contributed by atoms with Gasteiger partial charge in [0.1, 0.15) is 18.2 Å². The third-order valence-electron chi connectivity index (χ3n) is 3.75. The molecule has 2 heterocycles. The number of nitrogens with zero attached hydrogens (tertiary/aromatic N) is 2. The van der Waals surface area contributed by atoms with Gasteiger partial charge in [0, 0.05) is 6.20 Å². The molecule has 1 unspecified atom stereocenters. The summed E-state index contributed by atoms with van der Waals surface area (Å²) in [5.41, 5.74) is 1.54. The van der Waals surface area contributed by atoms with Crippen molar-refractivity contribution in [1.29, 1.82) is 0 Å². The number of alkyl halides is 1. The van der Waals surface area contributed by atoms with Crippen molar-refractivity contribution in [2.75, 3.05) is 0 Å². The lowest BCUT2D eigenvalue weighted by Gasteiger charge is -2.19. The first-order valence-corrected chi connectivity index (χ1v) is 7.56. The van der Waals surface area contributed by atoms with Crippen LogP contribution < -0.4 is 5.32 Å². The fourth-order valence-corrected chi connectivity index (χ4v) is 2.44. The van der Waals surface area contributed by atoms with Gasteiger partial charge < -0.3 is 9.73 Å². The predicted octanol–water partition coefficient (Wildman–Crippen LogP) is 3.51. The van der Waals surface area contributed by atoms with Gasteiger partial charge in [-0.05, 0) is 30.2 Å². The Balaban J connectivity index is 1.98. The Bertz CT molecular complexity index is 878. The van der Waals surface area contributed by atoms with Crippen LogP contribution in [0.4, 0.5) is 8.78 Å². The zero-order valence-electron chi connectivity index (χ0n) is 13.4. The highest BCUT2D eigenvalue weighted by molar-refractivity contribution is 5.92. The molecule has 0 fully saturated rings. The highest BCUT2D eigenvalue weighted by Gasteiger charge is 2.24. The van der Waals surface area contributed by atoms with E-state index >= 15 is 0 Å². The highest BCUT2D eigenvalue weighted by Crippen LogP contribution is 2.24. The fourth-order valence-electron chi connectivity index (χ4n) is 2.44. The molecule has 1 amide bonds. The summed E-state index contributed by atoms with van der Waals surface area (Å²) in [5, 5.41) is 2.70. The van der Waals surface area contributed by atoms with Gasteiger partial charge in [-0.3, -0.25) is 9.78 Å². The van der Waals surface area contributed by atoms with Gasteiger partial charge in [0.05, 0.1) is 11.7 Å². The smallest absolute Gasteiger partial charge is 0.289 e. The molecule has 0 saturated carbocycles. The van der Waals surface area contributed by atoms with Gasteiger partial charge in [0.2, 0.25) is 5.76 Å². The summed E-state index contributed by atoms with van der Waals surface area (Å²) in [7, 11) is 0. The molecule has 2 aromatic heterocycles. The van der Waals surface area contributed by atoms with Gasteiger partial charge in [-0.2, -0.15) is 0 Å². The molecule has 0 aliphatic rings. The first-order chi connectivity index (χ1) is 12.1. The molecule has 0 radical (unpaired) electrons. The summed E-state index contributed by atoms with van der Waals surface area (Å²) < 4.78 is 32.0. The molecule has 1 atom stereocenters. The zero-order chi connectivity index (χ0) is 17.8. The average molecular weight is 343 g/mol. The van der Waals surface area contributed by atoms with E-state index in [4.69, 9.17) is 4.42 Å². The number of halogens is 2. The van der Waals surface area contributed by atoms with Gasteiger partial charge >= 0.3 is 0 Å². The van der Waals surface area contributed by atoms with Crippen molar-refractivity contribution in [3.05, 3.63) is 83.1 Å². The second-order valence-electron chi connectivity index (χ2n) is 5.42. The number of aromatic nitrogens is 2. The van der Waals surface area contributed by atoms with Crippen molar-refractivity contribution in [1.82, 2.24) is 15.3 Å². The van der Waals surface area contributed by atoms with Crippen molar-refractivity contribution in [3.63, 3.8) is 0 Å². The van der Waals surface area contributed by atoms with E-state index in [1.165, 1.54) is 18.3 Å². The lowest BCUT2D eigenvalue weighted by molar-refractivity contribution is 0.0913. The minimum Gasteiger partial charge on any atom is -0.438 e. The molecule has 5 nitrogen and oxygen atoms in total. The van der Waals surface area contributed by atoms with E-state index in [9.17, 15) is 13.6 Å². The van der Waals surface area contributed by atoms with E-state index in [0.717, 1.165) is 6.39 Å². The number of nitrogens with one attached hydrogen (secondary N) is 1. The summed E-state index contributed by atoms with van der Waals surface area (Å²) in [4.78, 5) is 20.4. The van der Waals surface area contributed by atoms with E-state index < -0.39 is 24.4 Å². The number of carbonyl (C=O) groups is 1. The maximum absolute atomic E-state index is 14.2. The minimum absolute atomic E-state index is 0.0433. The third-order valence-corrected chi connectivity index (χ3v) is 3.75. The van der Waals surface area contributed by atoms with Crippen LogP contribution in [-0.2, 0) is 6.67 Å². The number of carbonyl (C=O) groups excluding carboxylic acids is 1. The first-order valence-electron chi connectivity index (χ1n) is 7.56. The summed E-state index contributed by atoms with van der Waals surface area (Å²) in [6.45, 7) is 1.03. The number of pyridine rings is 1. The highest BCUT2D eigenvalue weighted by atomic mass is 19.1. The molecular weight excluding hydrogens is 328 g/mol. The fraction of sp³-hybridized carbons (Fsp3) is 0.167. The lowest BCUT2D eigenvalue weighted by atomic mass is 10.0. The van der Waals surface area contributed by atoms with Crippen LogP contribution in [0, 0.1) is 12.7 Å². The minimum atomic E-state index is -0.855. The molecule has 0 bridgehead atoms.